The molecule has 0 aliphatic rings. The van der Waals surface area contributed by atoms with Crippen LogP contribution >= 0.6 is 39.0 Å². The van der Waals surface area contributed by atoms with E-state index in [1.165, 1.54) is 23.8 Å². The van der Waals surface area contributed by atoms with Crippen LogP contribution in [0.2, 0.25) is 0 Å². The zero-order valence-electron chi connectivity index (χ0n) is 11.4. The van der Waals surface area contributed by atoms with Gasteiger partial charge in [0.05, 0.1) is 10.4 Å². The first-order valence-corrected chi connectivity index (χ1v) is 10.9. The fraction of sp³-hybridized carbons (Fsp3) is 0.667. The normalized spacial score (nSPS) is 11.9. The van der Waals surface area contributed by atoms with E-state index < -0.39 is 10.0 Å². The number of nitrogens with one attached hydrogen (secondary N) is 1. The summed E-state index contributed by atoms with van der Waals surface area (Å²) >= 11 is 6.31. The number of aliphatic hydroxyl groups is 1. The first-order chi connectivity index (χ1) is 9.51. The van der Waals surface area contributed by atoms with Gasteiger partial charge >= 0.3 is 0 Å². The van der Waals surface area contributed by atoms with Gasteiger partial charge in [-0.1, -0.05) is 12.8 Å². The lowest BCUT2D eigenvalue weighted by atomic mass is 10.2. The van der Waals surface area contributed by atoms with E-state index in [1.807, 2.05) is 11.8 Å². The molecule has 1 heterocycles. The van der Waals surface area contributed by atoms with Crippen LogP contribution in [0.15, 0.2) is 14.7 Å². The highest BCUT2D eigenvalue weighted by atomic mass is 79.9. The van der Waals surface area contributed by atoms with Crippen LogP contribution in [0.4, 0.5) is 0 Å². The molecule has 0 radical (unpaired) electrons. The van der Waals surface area contributed by atoms with Gasteiger partial charge in [-0.05, 0) is 46.8 Å². The number of rotatable bonds is 10. The van der Waals surface area contributed by atoms with Crippen molar-refractivity contribution in [2.75, 3.05) is 18.6 Å². The summed E-state index contributed by atoms with van der Waals surface area (Å²) in [5.74, 6) is 1.16. The van der Waals surface area contributed by atoms with E-state index in [2.05, 4.69) is 26.9 Å². The average Bonchev–Trinajstić information content (AvgIpc) is 2.80. The van der Waals surface area contributed by atoms with Crippen LogP contribution in [0, 0.1) is 0 Å². The van der Waals surface area contributed by atoms with Crippen LogP contribution in [0.25, 0.3) is 0 Å². The molecule has 0 saturated carbocycles. The Labute approximate surface area is 137 Å². The number of hydrogen-bond donors (Lipinski definition) is 2. The Bertz CT molecular complexity index is 502. The second-order valence-electron chi connectivity index (χ2n) is 4.31. The van der Waals surface area contributed by atoms with Gasteiger partial charge in [-0.25, -0.2) is 13.1 Å². The molecule has 0 amide bonds. The molecule has 0 unspecified atom stereocenters. The molecule has 0 bridgehead atoms. The third-order valence-electron chi connectivity index (χ3n) is 2.72. The molecule has 1 aromatic rings. The van der Waals surface area contributed by atoms with Crippen LogP contribution < -0.4 is 4.72 Å². The molecule has 20 heavy (non-hydrogen) atoms. The van der Waals surface area contributed by atoms with Crippen molar-refractivity contribution in [1.82, 2.24) is 4.72 Å². The van der Waals surface area contributed by atoms with Gasteiger partial charge in [0.1, 0.15) is 4.90 Å². The molecule has 116 valence electrons. The summed E-state index contributed by atoms with van der Waals surface area (Å²) in [4.78, 5) is 0.850. The number of aliphatic hydroxyl groups excluding tert-OH is 1. The minimum Gasteiger partial charge on any atom is -0.391 e. The van der Waals surface area contributed by atoms with E-state index in [9.17, 15) is 8.42 Å². The maximum Gasteiger partial charge on any atom is 0.242 e. The van der Waals surface area contributed by atoms with Crippen molar-refractivity contribution in [3.05, 3.63) is 14.7 Å². The maximum atomic E-state index is 12.1. The second-order valence-corrected chi connectivity index (χ2v) is 9.49. The molecule has 0 atom stereocenters. The highest BCUT2D eigenvalue weighted by molar-refractivity contribution is 9.11. The number of unbranched alkanes of at least 4 members (excludes halogenated alkanes) is 3. The Balaban J connectivity index is 2.40. The van der Waals surface area contributed by atoms with Gasteiger partial charge in [0.15, 0.2) is 0 Å². The minimum atomic E-state index is -3.48. The molecule has 2 N–H and O–H groups in total. The summed E-state index contributed by atoms with van der Waals surface area (Å²) in [6.07, 6.45) is 6.30. The maximum absolute atomic E-state index is 12.1. The monoisotopic (exact) mass is 401 g/mol. The summed E-state index contributed by atoms with van der Waals surface area (Å²) in [7, 11) is -3.48. The average molecular weight is 402 g/mol. The third-order valence-corrected chi connectivity index (χ3v) is 7.11. The Morgan fingerprint density at radius 2 is 2.05 bits per heavy atom. The molecule has 8 heteroatoms. The largest absolute Gasteiger partial charge is 0.391 e. The zero-order valence-corrected chi connectivity index (χ0v) is 15.4. The summed E-state index contributed by atoms with van der Waals surface area (Å²) in [5.41, 5.74) is 0. The van der Waals surface area contributed by atoms with Gasteiger partial charge in [-0.15, -0.1) is 11.3 Å². The van der Waals surface area contributed by atoms with E-state index in [-0.39, 0.29) is 11.5 Å². The molecule has 4 nitrogen and oxygen atoms in total. The summed E-state index contributed by atoms with van der Waals surface area (Å²) in [6, 6.07) is 1.51. The van der Waals surface area contributed by atoms with Crippen molar-refractivity contribution >= 4 is 49.1 Å². The topological polar surface area (TPSA) is 66.4 Å². The van der Waals surface area contributed by atoms with Gasteiger partial charge in [0.2, 0.25) is 10.0 Å². The van der Waals surface area contributed by atoms with E-state index in [1.54, 1.807) is 0 Å². The Hall–Kier alpha value is 0.400. The molecular formula is C12H20BrNO3S3. The van der Waals surface area contributed by atoms with E-state index in [0.29, 0.717) is 15.2 Å². The van der Waals surface area contributed by atoms with Crippen molar-refractivity contribution in [2.45, 2.75) is 37.2 Å². The van der Waals surface area contributed by atoms with Gasteiger partial charge in [-0.3, -0.25) is 0 Å². The van der Waals surface area contributed by atoms with Crippen LogP contribution in [0.1, 0.15) is 30.6 Å². The van der Waals surface area contributed by atoms with Crippen LogP contribution in [0.5, 0.6) is 0 Å². The van der Waals surface area contributed by atoms with Gasteiger partial charge in [0.25, 0.3) is 0 Å². The first-order valence-electron chi connectivity index (χ1n) is 6.39. The zero-order chi connectivity index (χ0) is 15.0. The fourth-order valence-corrected chi connectivity index (χ4v) is 5.78. The van der Waals surface area contributed by atoms with Crippen molar-refractivity contribution in [3.63, 3.8) is 0 Å². The van der Waals surface area contributed by atoms with Crippen LogP contribution in [-0.2, 0) is 16.6 Å². The van der Waals surface area contributed by atoms with Gasteiger partial charge < -0.3 is 5.11 Å². The Kier molecular flexibility index (Phi) is 8.69. The molecule has 0 aromatic carbocycles. The molecule has 1 aromatic heterocycles. The van der Waals surface area contributed by atoms with Crippen molar-refractivity contribution in [1.29, 1.82) is 0 Å². The number of sulfonamides is 1. The summed E-state index contributed by atoms with van der Waals surface area (Å²) < 4.78 is 27.3. The Morgan fingerprint density at radius 1 is 1.35 bits per heavy atom. The van der Waals surface area contributed by atoms with Crippen LogP contribution in [-0.4, -0.2) is 32.1 Å². The van der Waals surface area contributed by atoms with Crippen molar-refractivity contribution in [2.24, 2.45) is 0 Å². The summed E-state index contributed by atoms with van der Waals surface area (Å²) in [6.45, 7) is 0.312. The third kappa shape index (κ3) is 6.03. The minimum absolute atomic E-state index is 0.145. The van der Waals surface area contributed by atoms with Gasteiger partial charge in [0, 0.05) is 11.4 Å². The molecule has 0 aliphatic carbocycles. The predicted octanol–water partition coefficient (Wildman–Crippen LogP) is 3.20. The first kappa shape index (κ1) is 18.4. The van der Waals surface area contributed by atoms with E-state index in [4.69, 9.17) is 5.11 Å². The Morgan fingerprint density at radius 3 is 2.65 bits per heavy atom. The number of halogens is 1. The predicted molar refractivity (Wildman–Crippen MR) is 90.0 cm³/mol. The van der Waals surface area contributed by atoms with Crippen molar-refractivity contribution in [3.8, 4) is 0 Å². The molecule has 0 spiro atoms. The van der Waals surface area contributed by atoms with Gasteiger partial charge in [-0.2, -0.15) is 11.8 Å². The summed E-state index contributed by atoms with van der Waals surface area (Å²) in [5, 5.41) is 9.03. The molecular weight excluding hydrogens is 382 g/mol. The number of thiophene rings is 1. The van der Waals surface area contributed by atoms with E-state index in [0.717, 1.165) is 25.0 Å². The smallest absolute Gasteiger partial charge is 0.242 e. The molecule has 1 rings (SSSR count). The lowest BCUT2D eigenvalue weighted by Crippen LogP contribution is -2.24. The van der Waals surface area contributed by atoms with Crippen molar-refractivity contribution < 1.29 is 13.5 Å². The molecule has 0 aliphatic heterocycles. The highest BCUT2D eigenvalue weighted by Crippen LogP contribution is 2.31. The number of hydrogen-bond acceptors (Lipinski definition) is 5. The second kappa shape index (κ2) is 9.42. The highest BCUT2D eigenvalue weighted by Gasteiger charge is 2.20. The lowest BCUT2D eigenvalue weighted by molar-refractivity contribution is 0.285. The fourth-order valence-electron chi connectivity index (χ4n) is 1.67. The molecule has 0 fully saturated rings. The standard InChI is InChI=1S/C12H20BrNO3S3/c1-18-7-5-3-2-4-6-14-20(16,17)11-8-10(9-15)19-12(11)13/h8,14-15H,2-7,9H2,1H3. The van der Waals surface area contributed by atoms with E-state index >= 15 is 0 Å². The van der Waals surface area contributed by atoms with Crippen LogP contribution in [0.3, 0.4) is 0 Å². The lowest BCUT2D eigenvalue weighted by Gasteiger charge is -2.05. The number of thioether (sulfide) groups is 1. The SMILES string of the molecule is CSCCCCCCNS(=O)(=O)c1cc(CO)sc1Br. The molecule has 0 saturated heterocycles. The quantitative estimate of drug-likeness (QED) is 0.590.